The van der Waals surface area contributed by atoms with E-state index in [1.54, 1.807) is 12.1 Å². The van der Waals surface area contributed by atoms with Crippen LogP contribution in [0.1, 0.15) is 17.3 Å². The Hall–Kier alpha value is -2.35. The number of nitrogens with one attached hydrogen (secondary N) is 1. The van der Waals surface area contributed by atoms with Gasteiger partial charge in [0.15, 0.2) is 11.5 Å². The molecule has 0 saturated heterocycles. The lowest BCUT2D eigenvalue weighted by Gasteiger charge is -2.13. The molecule has 2 aromatic rings. The fourth-order valence-electron chi connectivity index (χ4n) is 2.06. The number of anilines is 1. The molecule has 134 valence electrons. The molecule has 0 aromatic heterocycles. The summed E-state index contributed by atoms with van der Waals surface area (Å²) < 4.78 is 39.8. The third-order valence-electron chi connectivity index (χ3n) is 3.12. The second-order valence-electron chi connectivity index (χ2n) is 4.78. The number of benzene rings is 2. The van der Waals surface area contributed by atoms with Gasteiger partial charge in [0.25, 0.3) is 5.91 Å². The number of carbonyl (C=O) groups excluding carboxylic acids is 1. The summed E-state index contributed by atoms with van der Waals surface area (Å²) in [6.45, 7) is -0.601. The van der Waals surface area contributed by atoms with Gasteiger partial charge in [-0.25, -0.2) is 0 Å². The Morgan fingerprint density at radius 3 is 2.48 bits per heavy atom. The van der Waals surface area contributed by atoms with Crippen molar-refractivity contribution in [3.8, 4) is 17.2 Å². The van der Waals surface area contributed by atoms with Crippen LogP contribution in [0.2, 0.25) is 0 Å². The Kier molecular flexibility index (Phi) is 6.58. The molecular formula is C17H16BrF2NO4. The van der Waals surface area contributed by atoms with Crippen LogP contribution < -0.4 is 19.5 Å². The van der Waals surface area contributed by atoms with Crippen LogP contribution in [0.3, 0.4) is 0 Å². The van der Waals surface area contributed by atoms with Crippen LogP contribution in [0.15, 0.2) is 40.9 Å². The molecule has 25 heavy (non-hydrogen) atoms. The summed E-state index contributed by atoms with van der Waals surface area (Å²) in [6, 6.07) is 8.79. The summed E-state index contributed by atoms with van der Waals surface area (Å²) >= 11 is 3.35. The van der Waals surface area contributed by atoms with Gasteiger partial charge in [0.05, 0.1) is 18.2 Å². The molecule has 2 rings (SSSR count). The third-order valence-corrected chi connectivity index (χ3v) is 3.71. The number of alkyl halides is 2. The zero-order valence-electron chi connectivity index (χ0n) is 13.5. The molecule has 8 heteroatoms. The van der Waals surface area contributed by atoms with Crippen molar-refractivity contribution in [1.29, 1.82) is 0 Å². The fourth-order valence-corrected chi connectivity index (χ4v) is 2.61. The van der Waals surface area contributed by atoms with Gasteiger partial charge in [-0.15, -0.1) is 0 Å². The molecule has 1 N–H and O–H groups in total. The minimum atomic E-state index is -2.89. The number of methoxy groups -OCH3 is 1. The standard InChI is InChI=1S/C17H16BrF2NO4/c1-3-24-15-13(18)8-10(9-14(15)23-2)16(22)21-11-4-6-12(7-5-11)25-17(19)20/h4-9,17H,3H2,1-2H3,(H,21,22). The zero-order valence-corrected chi connectivity index (χ0v) is 15.1. The first kappa shape index (κ1) is 19.0. The predicted octanol–water partition coefficient (Wildman–Crippen LogP) is 4.71. The molecule has 0 spiro atoms. The molecule has 0 aliphatic rings. The van der Waals surface area contributed by atoms with Gasteiger partial charge >= 0.3 is 6.61 Å². The second kappa shape index (κ2) is 8.66. The zero-order chi connectivity index (χ0) is 18.4. The Morgan fingerprint density at radius 1 is 1.24 bits per heavy atom. The minimum Gasteiger partial charge on any atom is -0.493 e. The van der Waals surface area contributed by atoms with Crippen molar-refractivity contribution in [2.45, 2.75) is 13.5 Å². The molecule has 5 nitrogen and oxygen atoms in total. The quantitative estimate of drug-likeness (QED) is 0.711. The topological polar surface area (TPSA) is 56.8 Å². The first-order valence-corrected chi connectivity index (χ1v) is 8.10. The van der Waals surface area contributed by atoms with Gasteiger partial charge in [0.1, 0.15) is 5.75 Å². The van der Waals surface area contributed by atoms with Crippen LogP contribution in [0.25, 0.3) is 0 Å². The Bertz CT molecular complexity index is 738. The van der Waals surface area contributed by atoms with E-state index in [0.717, 1.165) is 0 Å². The molecule has 0 atom stereocenters. The number of hydrogen-bond acceptors (Lipinski definition) is 4. The van der Waals surface area contributed by atoms with Gasteiger partial charge in [-0.2, -0.15) is 8.78 Å². The highest BCUT2D eigenvalue weighted by atomic mass is 79.9. The first-order valence-electron chi connectivity index (χ1n) is 7.31. The van der Waals surface area contributed by atoms with E-state index in [0.29, 0.717) is 33.8 Å². The number of ether oxygens (including phenoxy) is 3. The van der Waals surface area contributed by atoms with Crippen molar-refractivity contribution >= 4 is 27.5 Å². The van der Waals surface area contributed by atoms with Crippen LogP contribution in [-0.4, -0.2) is 26.2 Å². The van der Waals surface area contributed by atoms with Gasteiger partial charge < -0.3 is 19.5 Å². The lowest BCUT2D eigenvalue weighted by atomic mass is 10.1. The van der Waals surface area contributed by atoms with Gasteiger partial charge in [-0.05, 0) is 59.3 Å². The summed E-state index contributed by atoms with van der Waals surface area (Å²) in [5.41, 5.74) is 0.788. The minimum absolute atomic E-state index is 0.0125. The van der Waals surface area contributed by atoms with E-state index in [1.807, 2.05) is 6.92 Å². The Labute approximate surface area is 152 Å². The second-order valence-corrected chi connectivity index (χ2v) is 5.63. The van der Waals surface area contributed by atoms with Crippen molar-refractivity contribution < 1.29 is 27.8 Å². The molecule has 0 fully saturated rings. The fraction of sp³-hybridized carbons (Fsp3) is 0.235. The maximum absolute atomic E-state index is 12.4. The molecule has 0 aliphatic carbocycles. The van der Waals surface area contributed by atoms with Gasteiger partial charge in [-0.1, -0.05) is 0 Å². The number of hydrogen-bond donors (Lipinski definition) is 1. The smallest absolute Gasteiger partial charge is 0.387 e. The highest BCUT2D eigenvalue weighted by Crippen LogP contribution is 2.36. The summed E-state index contributed by atoms with van der Waals surface area (Å²) in [4.78, 5) is 12.4. The Balaban J connectivity index is 2.16. The van der Waals surface area contributed by atoms with E-state index in [4.69, 9.17) is 9.47 Å². The first-order chi connectivity index (χ1) is 11.9. The highest BCUT2D eigenvalue weighted by Gasteiger charge is 2.15. The van der Waals surface area contributed by atoms with Gasteiger partial charge in [0.2, 0.25) is 0 Å². The van der Waals surface area contributed by atoms with Crippen LogP contribution in [-0.2, 0) is 0 Å². The van der Waals surface area contributed by atoms with Crippen LogP contribution in [0, 0.1) is 0 Å². The van der Waals surface area contributed by atoms with E-state index in [1.165, 1.54) is 31.4 Å². The molecule has 0 heterocycles. The largest absolute Gasteiger partial charge is 0.493 e. The van der Waals surface area contributed by atoms with Crippen molar-refractivity contribution in [2.75, 3.05) is 19.0 Å². The normalized spacial score (nSPS) is 10.5. The van der Waals surface area contributed by atoms with Crippen LogP contribution in [0.5, 0.6) is 17.2 Å². The Morgan fingerprint density at radius 2 is 1.92 bits per heavy atom. The molecule has 0 radical (unpaired) electrons. The van der Waals surface area contributed by atoms with Gasteiger partial charge in [-0.3, -0.25) is 4.79 Å². The molecule has 1 amide bonds. The maximum Gasteiger partial charge on any atom is 0.387 e. The average Bonchev–Trinajstić information content (AvgIpc) is 2.57. The highest BCUT2D eigenvalue weighted by molar-refractivity contribution is 9.10. The van der Waals surface area contributed by atoms with Crippen LogP contribution >= 0.6 is 15.9 Å². The van der Waals surface area contributed by atoms with Crippen molar-refractivity contribution in [3.05, 3.63) is 46.4 Å². The molecule has 0 unspecified atom stereocenters. The number of halogens is 3. The third kappa shape index (κ3) is 5.06. The van der Waals surface area contributed by atoms with Crippen LogP contribution in [0.4, 0.5) is 14.5 Å². The lowest BCUT2D eigenvalue weighted by Crippen LogP contribution is -2.12. The summed E-state index contributed by atoms with van der Waals surface area (Å²) in [5, 5.41) is 2.67. The summed E-state index contributed by atoms with van der Waals surface area (Å²) in [6.07, 6.45) is 0. The van der Waals surface area contributed by atoms with Crippen molar-refractivity contribution in [3.63, 3.8) is 0 Å². The van der Waals surface area contributed by atoms with Crippen molar-refractivity contribution in [1.82, 2.24) is 0 Å². The van der Waals surface area contributed by atoms with E-state index < -0.39 is 6.61 Å². The molecule has 2 aromatic carbocycles. The number of carbonyl (C=O) groups is 1. The summed E-state index contributed by atoms with van der Waals surface area (Å²) in [7, 11) is 1.48. The lowest BCUT2D eigenvalue weighted by molar-refractivity contribution is -0.0498. The predicted molar refractivity (Wildman–Crippen MR) is 92.9 cm³/mol. The number of amides is 1. The van der Waals surface area contributed by atoms with E-state index in [2.05, 4.69) is 26.0 Å². The van der Waals surface area contributed by atoms with E-state index in [-0.39, 0.29) is 11.7 Å². The molecule has 0 aliphatic heterocycles. The monoisotopic (exact) mass is 415 g/mol. The van der Waals surface area contributed by atoms with E-state index >= 15 is 0 Å². The summed E-state index contributed by atoms with van der Waals surface area (Å²) in [5.74, 6) is 0.556. The maximum atomic E-state index is 12.4. The average molecular weight is 416 g/mol. The van der Waals surface area contributed by atoms with Crippen molar-refractivity contribution in [2.24, 2.45) is 0 Å². The molecule has 0 bridgehead atoms. The molecule has 0 saturated carbocycles. The van der Waals surface area contributed by atoms with Gasteiger partial charge in [0, 0.05) is 11.3 Å². The SMILES string of the molecule is CCOc1c(Br)cc(C(=O)Nc2ccc(OC(F)F)cc2)cc1OC. The van der Waals surface area contributed by atoms with E-state index in [9.17, 15) is 13.6 Å². The molecular weight excluding hydrogens is 400 g/mol. The number of rotatable bonds is 7.